The van der Waals surface area contributed by atoms with Crippen molar-refractivity contribution in [2.45, 2.75) is 13.0 Å². The van der Waals surface area contributed by atoms with Gasteiger partial charge in [-0.15, -0.1) is 10.2 Å². The van der Waals surface area contributed by atoms with Crippen molar-refractivity contribution >= 4 is 17.2 Å². The van der Waals surface area contributed by atoms with Gasteiger partial charge in [-0.05, 0) is 29.8 Å². The largest absolute Gasteiger partial charge is 0.506 e. The Hall–Kier alpha value is -2.11. The van der Waals surface area contributed by atoms with E-state index in [0.29, 0.717) is 11.6 Å². The highest BCUT2D eigenvalue weighted by molar-refractivity contribution is 6.32. The summed E-state index contributed by atoms with van der Waals surface area (Å²) in [4.78, 5) is 0. The number of aromatic nitrogens is 3. The van der Waals surface area contributed by atoms with Gasteiger partial charge in [0.05, 0.1) is 5.02 Å². The van der Waals surface area contributed by atoms with Crippen LogP contribution in [0.5, 0.6) is 5.75 Å². The number of halogens is 1. The van der Waals surface area contributed by atoms with Crippen LogP contribution in [0.15, 0.2) is 42.6 Å². The van der Waals surface area contributed by atoms with Crippen LogP contribution in [0.3, 0.4) is 0 Å². The smallest absolute Gasteiger partial charge is 0.160 e. The maximum Gasteiger partial charge on any atom is 0.160 e. The number of phenols is 1. The van der Waals surface area contributed by atoms with Crippen LogP contribution in [0, 0.1) is 0 Å². The summed E-state index contributed by atoms with van der Waals surface area (Å²) >= 11 is 5.87. The number of nitrogens with one attached hydrogen (secondary N) is 1. The van der Waals surface area contributed by atoms with Crippen LogP contribution in [0.1, 0.15) is 11.4 Å². The van der Waals surface area contributed by atoms with Crippen molar-refractivity contribution < 1.29 is 5.11 Å². The molecule has 0 spiro atoms. The molecule has 0 bridgehead atoms. The fraction of sp³-hybridized carbons (Fsp3) is 0.200. The van der Waals surface area contributed by atoms with Gasteiger partial charge in [0, 0.05) is 25.7 Å². The quantitative estimate of drug-likeness (QED) is 0.711. The normalized spacial score (nSPS) is 11.1. The van der Waals surface area contributed by atoms with E-state index in [1.54, 1.807) is 12.1 Å². The third-order valence-corrected chi connectivity index (χ3v) is 3.55. The van der Waals surface area contributed by atoms with Crippen molar-refractivity contribution in [1.29, 1.82) is 0 Å². The second-order valence-corrected chi connectivity index (χ2v) is 5.16. The zero-order valence-corrected chi connectivity index (χ0v) is 12.1. The maximum atomic E-state index is 9.37. The molecule has 0 atom stereocenters. The summed E-state index contributed by atoms with van der Waals surface area (Å²) in [6.07, 6.45) is 2.75. The number of pyridine rings is 1. The molecule has 2 N–H and O–H groups in total. The Morgan fingerprint density at radius 2 is 2.10 bits per heavy atom. The Balaban J connectivity index is 1.55. The summed E-state index contributed by atoms with van der Waals surface area (Å²) in [5, 5.41) is 21.4. The molecule has 1 aromatic carbocycles. The van der Waals surface area contributed by atoms with Crippen LogP contribution in [0.25, 0.3) is 5.65 Å². The third kappa shape index (κ3) is 3.15. The second kappa shape index (κ2) is 6.11. The molecular formula is C15H15ClN4O. The zero-order valence-electron chi connectivity index (χ0n) is 11.3. The topological polar surface area (TPSA) is 62.5 Å². The van der Waals surface area contributed by atoms with Gasteiger partial charge in [0.1, 0.15) is 11.6 Å². The molecule has 21 heavy (non-hydrogen) atoms. The average Bonchev–Trinajstić information content (AvgIpc) is 2.91. The standard InChI is InChI=1S/C15H15ClN4O/c16-12-9-11(4-5-13(12)21)10-17-7-6-15-19-18-14-3-1-2-8-20(14)15/h1-5,8-9,17,21H,6-7,10H2. The van der Waals surface area contributed by atoms with Crippen molar-refractivity contribution in [1.82, 2.24) is 19.9 Å². The van der Waals surface area contributed by atoms with E-state index in [9.17, 15) is 5.11 Å². The molecule has 108 valence electrons. The van der Waals surface area contributed by atoms with Gasteiger partial charge in [0.15, 0.2) is 5.65 Å². The molecule has 0 amide bonds. The van der Waals surface area contributed by atoms with E-state index in [2.05, 4.69) is 15.5 Å². The number of aromatic hydroxyl groups is 1. The molecule has 0 unspecified atom stereocenters. The summed E-state index contributed by atoms with van der Waals surface area (Å²) < 4.78 is 1.99. The third-order valence-electron chi connectivity index (χ3n) is 3.25. The van der Waals surface area contributed by atoms with Gasteiger partial charge in [0.2, 0.25) is 0 Å². The van der Waals surface area contributed by atoms with Crippen LogP contribution >= 0.6 is 11.6 Å². The van der Waals surface area contributed by atoms with Crippen LogP contribution in [-0.2, 0) is 13.0 Å². The first kappa shape index (κ1) is 13.9. The number of benzene rings is 1. The summed E-state index contributed by atoms with van der Waals surface area (Å²) in [5.74, 6) is 1.04. The lowest BCUT2D eigenvalue weighted by molar-refractivity contribution is 0.475. The van der Waals surface area contributed by atoms with E-state index in [0.717, 1.165) is 30.0 Å². The first-order chi connectivity index (χ1) is 10.2. The number of phenolic OH excluding ortho intramolecular Hbond substituents is 1. The molecule has 0 aliphatic heterocycles. The molecule has 0 aliphatic rings. The monoisotopic (exact) mass is 302 g/mol. The van der Waals surface area contributed by atoms with Gasteiger partial charge in [-0.3, -0.25) is 4.40 Å². The van der Waals surface area contributed by atoms with Crippen molar-refractivity contribution in [2.24, 2.45) is 0 Å². The Morgan fingerprint density at radius 1 is 1.19 bits per heavy atom. The molecule has 0 saturated heterocycles. The maximum absolute atomic E-state index is 9.37. The summed E-state index contributed by atoms with van der Waals surface area (Å²) in [7, 11) is 0. The predicted octanol–water partition coefficient (Wildman–Crippen LogP) is 2.42. The van der Waals surface area contributed by atoms with Gasteiger partial charge in [-0.1, -0.05) is 23.7 Å². The van der Waals surface area contributed by atoms with Crippen molar-refractivity contribution in [2.75, 3.05) is 6.54 Å². The number of hydrogen-bond acceptors (Lipinski definition) is 4. The number of hydrogen-bond donors (Lipinski definition) is 2. The fourth-order valence-corrected chi connectivity index (χ4v) is 2.36. The SMILES string of the molecule is Oc1ccc(CNCCc2nnc3ccccn23)cc1Cl. The highest BCUT2D eigenvalue weighted by atomic mass is 35.5. The lowest BCUT2D eigenvalue weighted by Gasteiger charge is -2.05. The highest BCUT2D eigenvalue weighted by Gasteiger charge is 2.04. The van der Waals surface area contributed by atoms with Crippen LogP contribution in [0.4, 0.5) is 0 Å². The Labute approximate surface area is 127 Å². The van der Waals surface area contributed by atoms with Gasteiger partial charge < -0.3 is 10.4 Å². The molecule has 0 saturated carbocycles. The summed E-state index contributed by atoms with van der Waals surface area (Å²) in [6.45, 7) is 1.48. The first-order valence-electron chi connectivity index (χ1n) is 6.71. The summed E-state index contributed by atoms with van der Waals surface area (Å²) in [6, 6.07) is 11.1. The van der Waals surface area contributed by atoms with Crippen molar-refractivity contribution in [3.63, 3.8) is 0 Å². The molecule has 2 heterocycles. The first-order valence-corrected chi connectivity index (χ1v) is 7.08. The molecule has 0 aliphatic carbocycles. The second-order valence-electron chi connectivity index (χ2n) is 4.76. The van der Waals surface area contributed by atoms with Gasteiger partial charge in [-0.25, -0.2) is 0 Å². The molecule has 6 heteroatoms. The average molecular weight is 303 g/mol. The van der Waals surface area contributed by atoms with Gasteiger partial charge >= 0.3 is 0 Å². The summed E-state index contributed by atoms with van der Waals surface area (Å²) in [5.41, 5.74) is 1.89. The molecule has 0 radical (unpaired) electrons. The van der Waals surface area contributed by atoms with E-state index in [1.807, 2.05) is 34.9 Å². The van der Waals surface area contributed by atoms with E-state index < -0.39 is 0 Å². The predicted molar refractivity (Wildman–Crippen MR) is 81.5 cm³/mol. The molecule has 3 rings (SSSR count). The Kier molecular flexibility index (Phi) is 4.03. The minimum absolute atomic E-state index is 0.107. The van der Waals surface area contributed by atoms with Crippen LogP contribution in [-0.4, -0.2) is 26.2 Å². The van der Waals surface area contributed by atoms with E-state index in [-0.39, 0.29) is 5.75 Å². The molecular weight excluding hydrogens is 288 g/mol. The Morgan fingerprint density at radius 3 is 2.95 bits per heavy atom. The molecule has 0 fully saturated rings. The fourth-order valence-electron chi connectivity index (χ4n) is 2.15. The molecule has 2 aromatic heterocycles. The van der Waals surface area contributed by atoms with Crippen LogP contribution < -0.4 is 5.32 Å². The lowest BCUT2D eigenvalue weighted by Crippen LogP contribution is -2.17. The number of nitrogens with zero attached hydrogens (tertiary/aromatic N) is 3. The van der Waals surface area contributed by atoms with Gasteiger partial charge in [-0.2, -0.15) is 0 Å². The molecule has 5 nitrogen and oxygen atoms in total. The van der Waals surface area contributed by atoms with Gasteiger partial charge in [0.25, 0.3) is 0 Å². The van der Waals surface area contributed by atoms with E-state index in [1.165, 1.54) is 0 Å². The molecule has 3 aromatic rings. The zero-order chi connectivity index (χ0) is 14.7. The van der Waals surface area contributed by atoms with Crippen LogP contribution in [0.2, 0.25) is 5.02 Å². The minimum Gasteiger partial charge on any atom is -0.506 e. The highest BCUT2D eigenvalue weighted by Crippen LogP contribution is 2.23. The number of rotatable bonds is 5. The lowest BCUT2D eigenvalue weighted by atomic mass is 10.2. The number of fused-ring (bicyclic) bond motifs is 1. The van der Waals surface area contributed by atoms with E-state index >= 15 is 0 Å². The van der Waals surface area contributed by atoms with E-state index in [4.69, 9.17) is 11.6 Å². The Bertz CT molecular complexity index is 756. The van der Waals surface area contributed by atoms with Crippen molar-refractivity contribution in [3.8, 4) is 5.75 Å². The van der Waals surface area contributed by atoms with Crippen molar-refractivity contribution in [3.05, 3.63) is 59.0 Å². The minimum atomic E-state index is 0.107.